The van der Waals surface area contributed by atoms with Gasteiger partial charge in [-0.15, -0.1) is 0 Å². The van der Waals surface area contributed by atoms with Crippen LogP contribution in [0.2, 0.25) is 0 Å². The first kappa shape index (κ1) is 18.5. The maximum absolute atomic E-state index is 12.9. The molecular formula is C19H26N4O3. The van der Waals surface area contributed by atoms with E-state index in [1.807, 2.05) is 29.2 Å². The third-order valence-corrected chi connectivity index (χ3v) is 4.43. The Balaban J connectivity index is 1.69. The van der Waals surface area contributed by atoms with Gasteiger partial charge in [0.2, 0.25) is 0 Å². The van der Waals surface area contributed by atoms with Crippen LogP contribution in [-0.2, 0) is 16.1 Å². The molecule has 26 heavy (non-hydrogen) atoms. The van der Waals surface area contributed by atoms with Gasteiger partial charge in [0.15, 0.2) is 11.6 Å². The van der Waals surface area contributed by atoms with Crippen LogP contribution in [0.25, 0.3) is 11.4 Å². The summed E-state index contributed by atoms with van der Waals surface area (Å²) in [4.78, 5) is 19.1. The summed E-state index contributed by atoms with van der Waals surface area (Å²) in [5, 5.41) is 7.03. The molecule has 0 aliphatic carbocycles. The van der Waals surface area contributed by atoms with Crippen LogP contribution in [0, 0.1) is 0 Å². The molecule has 0 bridgehead atoms. The predicted octanol–water partition coefficient (Wildman–Crippen LogP) is 2.65. The maximum Gasteiger partial charge on any atom is 0.253 e. The monoisotopic (exact) mass is 358 g/mol. The summed E-state index contributed by atoms with van der Waals surface area (Å²) in [6, 6.07) is 7.43. The summed E-state index contributed by atoms with van der Waals surface area (Å²) in [5.74, 6) is 1.32. The molecule has 7 nitrogen and oxygen atoms in total. The second kappa shape index (κ2) is 8.91. The fourth-order valence-electron chi connectivity index (χ4n) is 3.15. The molecule has 0 radical (unpaired) electrons. The highest BCUT2D eigenvalue weighted by atomic mass is 16.5. The van der Waals surface area contributed by atoms with E-state index in [2.05, 4.69) is 22.1 Å². The Morgan fingerprint density at radius 2 is 2.19 bits per heavy atom. The number of hydrogen-bond donors (Lipinski definition) is 1. The van der Waals surface area contributed by atoms with Crippen molar-refractivity contribution in [1.29, 1.82) is 0 Å². The van der Waals surface area contributed by atoms with Crippen molar-refractivity contribution in [3.05, 3.63) is 35.7 Å². The molecule has 1 atom stereocenters. The van der Waals surface area contributed by atoms with E-state index in [1.165, 1.54) is 0 Å². The maximum atomic E-state index is 12.9. The molecule has 1 N–H and O–H groups in total. The SMILES string of the molecule is CCCN(CC1CCCO1)C(=O)c1ccc(-c2n[nH]c(COC)n2)cc1. The highest BCUT2D eigenvalue weighted by molar-refractivity contribution is 5.94. The average molecular weight is 358 g/mol. The minimum atomic E-state index is 0.0453. The van der Waals surface area contributed by atoms with E-state index in [0.29, 0.717) is 30.4 Å². The van der Waals surface area contributed by atoms with Gasteiger partial charge in [-0.2, -0.15) is 5.10 Å². The van der Waals surface area contributed by atoms with Crippen LogP contribution in [-0.4, -0.2) is 58.9 Å². The third kappa shape index (κ3) is 4.47. The minimum Gasteiger partial charge on any atom is -0.377 e. The van der Waals surface area contributed by atoms with Crippen LogP contribution < -0.4 is 0 Å². The standard InChI is InChI=1S/C19H26N4O3/c1-3-10-23(12-16-5-4-11-26-16)19(24)15-8-6-14(7-9-15)18-20-17(13-25-2)21-22-18/h6-9,16H,3-5,10-13H2,1-2H3,(H,20,21,22). The fraction of sp³-hybridized carbons (Fsp3) is 0.526. The van der Waals surface area contributed by atoms with Crippen molar-refractivity contribution >= 4 is 5.91 Å². The van der Waals surface area contributed by atoms with E-state index in [9.17, 15) is 4.79 Å². The van der Waals surface area contributed by atoms with E-state index in [0.717, 1.165) is 38.0 Å². The van der Waals surface area contributed by atoms with Gasteiger partial charge in [0.05, 0.1) is 6.10 Å². The molecule has 0 spiro atoms. The number of aromatic nitrogens is 3. The number of nitrogens with one attached hydrogen (secondary N) is 1. The van der Waals surface area contributed by atoms with Gasteiger partial charge >= 0.3 is 0 Å². The number of nitrogens with zero attached hydrogens (tertiary/aromatic N) is 3. The van der Waals surface area contributed by atoms with Crippen molar-refractivity contribution < 1.29 is 14.3 Å². The molecule has 1 aromatic carbocycles. The van der Waals surface area contributed by atoms with Crippen molar-refractivity contribution in [2.45, 2.75) is 38.9 Å². The van der Waals surface area contributed by atoms with Crippen LogP contribution >= 0.6 is 0 Å². The van der Waals surface area contributed by atoms with Crippen molar-refractivity contribution in [3.63, 3.8) is 0 Å². The Morgan fingerprint density at radius 1 is 1.38 bits per heavy atom. The first-order valence-corrected chi connectivity index (χ1v) is 9.12. The molecule has 1 aliphatic rings. The number of amides is 1. The second-order valence-corrected chi connectivity index (χ2v) is 6.50. The predicted molar refractivity (Wildman–Crippen MR) is 97.7 cm³/mol. The zero-order valence-corrected chi connectivity index (χ0v) is 15.4. The second-order valence-electron chi connectivity index (χ2n) is 6.50. The van der Waals surface area contributed by atoms with E-state index < -0.39 is 0 Å². The Hall–Kier alpha value is -2.25. The number of carbonyl (C=O) groups is 1. The van der Waals surface area contributed by atoms with Gasteiger partial charge < -0.3 is 14.4 Å². The van der Waals surface area contributed by atoms with Crippen LogP contribution in [0.1, 0.15) is 42.4 Å². The molecular weight excluding hydrogens is 332 g/mol. The lowest BCUT2D eigenvalue weighted by atomic mass is 10.1. The lowest BCUT2D eigenvalue weighted by Gasteiger charge is -2.25. The lowest BCUT2D eigenvalue weighted by molar-refractivity contribution is 0.0526. The van der Waals surface area contributed by atoms with Gasteiger partial charge in [0.25, 0.3) is 5.91 Å². The van der Waals surface area contributed by atoms with Gasteiger partial charge in [-0.1, -0.05) is 19.1 Å². The van der Waals surface area contributed by atoms with Crippen molar-refractivity contribution in [2.75, 3.05) is 26.8 Å². The van der Waals surface area contributed by atoms with Gasteiger partial charge in [0, 0.05) is 37.9 Å². The number of aromatic amines is 1. The van der Waals surface area contributed by atoms with Crippen LogP contribution in [0.3, 0.4) is 0 Å². The van der Waals surface area contributed by atoms with E-state index in [1.54, 1.807) is 7.11 Å². The molecule has 1 fully saturated rings. The fourth-order valence-corrected chi connectivity index (χ4v) is 3.15. The summed E-state index contributed by atoms with van der Waals surface area (Å²) >= 11 is 0. The number of ether oxygens (including phenoxy) is 2. The highest BCUT2D eigenvalue weighted by Gasteiger charge is 2.23. The van der Waals surface area contributed by atoms with Crippen molar-refractivity contribution in [2.24, 2.45) is 0 Å². The van der Waals surface area contributed by atoms with Gasteiger partial charge in [-0.25, -0.2) is 4.98 Å². The number of rotatable bonds is 8. The summed E-state index contributed by atoms with van der Waals surface area (Å²) < 4.78 is 10.7. The van der Waals surface area contributed by atoms with Gasteiger partial charge in [-0.05, 0) is 31.4 Å². The van der Waals surface area contributed by atoms with E-state index in [4.69, 9.17) is 9.47 Å². The summed E-state index contributed by atoms with van der Waals surface area (Å²) in [6.45, 7) is 4.67. The number of methoxy groups -OCH3 is 1. The number of H-pyrrole nitrogens is 1. The highest BCUT2D eigenvalue weighted by Crippen LogP contribution is 2.19. The summed E-state index contributed by atoms with van der Waals surface area (Å²) in [6.07, 6.45) is 3.20. The van der Waals surface area contributed by atoms with Crippen molar-refractivity contribution in [1.82, 2.24) is 20.1 Å². The minimum absolute atomic E-state index is 0.0453. The zero-order chi connectivity index (χ0) is 18.4. The number of benzene rings is 1. The van der Waals surface area contributed by atoms with Crippen LogP contribution in [0.4, 0.5) is 0 Å². The third-order valence-electron chi connectivity index (χ3n) is 4.43. The average Bonchev–Trinajstić information content (AvgIpc) is 3.33. The first-order valence-electron chi connectivity index (χ1n) is 9.12. The first-order chi connectivity index (χ1) is 12.7. The molecule has 1 aromatic heterocycles. The number of hydrogen-bond acceptors (Lipinski definition) is 5. The normalized spacial score (nSPS) is 16.8. The molecule has 7 heteroatoms. The molecule has 3 rings (SSSR count). The molecule has 1 amide bonds. The van der Waals surface area contributed by atoms with Crippen molar-refractivity contribution in [3.8, 4) is 11.4 Å². The van der Waals surface area contributed by atoms with E-state index in [-0.39, 0.29) is 12.0 Å². The van der Waals surface area contributed by atoms with Crippen LogP contribution in [0.15, 0.2) is 24.3 Å². The Labute approximate surface area is 153 Å². The van der Waals surface area contributed by atoms with Gasteiger partial charge in [0.1, 0.15) is 6.61 Å². The lowest BCUT2D eigenvalue weighted by Crippen LogP contribution is -2.37. The molecule has 1 unspecified atom stereocenters. The Bertz CT molecular complexity index is 708. The summed E-state index contributed by atoms with van der Waals surface area (Å²) in [5.41, 5.74) is 1.54. The topological polar surface area (TPSA) is 80.3 Å². The molecule has 1 saturated heterocycles. The Morgan fingerprint density at radius 3 is 2.85 bits per heavy atom. The molecule has 0 saturated carbocycles. The largest absolute Gasteiger partial charge is 0.377 e. The Kier molecular flexibility index (Phi) is 6.35. The smallest absolute Gasteiger partial charge is 0.253 e. The quantitative estimate of drug-likeness (QED) is 0.785. The molecule has 140 valence electrons. The summed E-state index contributed by atoms with van der Waals surface area (Å²) in [7, 11) is 1.61. The molecule has 2 heterocycles. The zero-order valence-electron chi connectivity index (χ0n) is 15.4. The molecule has 1 aliphatic heterocycles. The van der Waals surface area contributed by atoms with Crippen LogP contribution in [0.5, 0.6) is 0 Å². The number of carbonyl (C=O) groups excluding carboxylic acids is 1. The van der Waals surface area contributed by atoms with E-state index >= 15 is 0 Å². The van der Waals surface area contributed by atoms with Gasteiger partial charge in [-0.3, -0.25) is 9.89 Å². The molecule has 2 aromatic rings.